The van der Waals surface area contributed by atoms with Crippen molar-refractivity contribution < 1.29 is 14.4 Å². The molecule has 2 heterocycles. The molecule has 0 fully saturated rings. The number of imide groups is 1. The Morgan fingerprint density at radius 1 is 0.795 bits per heavy atom. The molecule has 0 N–H and O–H groups in total. The van der Waals surface area contributed by atoms with Crippen LogP contribution in [0.5, 0.6) is 0 Å². The van der Waals surface area contributed by atoms with Gasteiger partial charge in [0.1, 0.15) is 6.54 Å². The number of nitrogens with zero attached hydrogens (tertiary/aromatic N) is 3. The molecule has 1 aliphatic heterocycles. The second-order valence-electron chi connectivity index (χ2n) is 10.3. The average molecular weight is 516 g/mol. The highest BCUT2D eigenvalue weighted by molar-refractivity contribution is 6.22. The van der Waals surface area contributed by atoms with Crippen molar-refractivity contribution in [2.75, 3.05) is 6.54 Å². The Balaban J connectivity index is 1.38. The number of aromatic nitrogens is 1. The standard InChI is InChI=1S/C33H29N3O3/c37-30(22-36-32(38)28-12-6-7-13-29(28)33(36)39)35(21-24-16-18-34-19-17-24)31-26(20-23-8-2-1-3-9-23)15-14-25-10-4-5-11-27(25)31/h1-13,16-19,26,31H,14-15,20-22H2. The highest BCUT2D eigenvalue weighted by atomic mass is 16.2. The number of carbonyl (C=O) groups is 3. The molecule has 6 heteroatoms. The van der Waals surface area contributed by atoms with Crippen LogP contribution in [-0.4, -0.2) is 39.1 Å². The van der Waals surface area contributed by atoms with Crippen LogP contribution in [0.4, 0.5) is 0 Å². The molecule has 3 aromatic carbocycles. The molecule has 1 aliphatic carbocycles. The first-order valence-electron chi connectivity index (χ1n) is 13.4. The molecule has 2 aliphatic rings. The van der Waals surface area contributed by atoms with Crippen LogP contribution in [0.3, 0.4) is 0 Å². The van der Waals surface area contributed by atoms with Gasteiger partial charge >= 0.3 is 0 Å². The van der Waals surface area contributed by atoms with Gasteiger partial charge in [-0.1, -0.05) is 66.7 Å². The SMILES string of the molecule is O=C1c2ccccc2C(=O)N1CC(=O)N(Cc1ccncc1)C1c2ccccc2CCC1Cc1ccccc1. The number of aryl methyl sites for hydroxylation is 1. The van der Waals surface area contributed by atoms with Crippen LogP contribution in [0, 0.1) is 5.92 Å². The summed E-state index contributed by atoms with van der Waals surface area (Å²) in [5, 5.41) is 0. The van der Waals surface area contributed by atoms with Gasteiger partial charge in [0.2, 0.25) is 5.91 Å². The highest BCUT2D eigenvalue weighted by Gasteiger charge is 2.40. The van der Waals surface area contributed by atoms with Gasteiger partial charge in [0, 0.05) is 18.9 Å². The molecular weight excluding hydrogens is 486 g/mol. The summed E-state index contributed by atoms with van der Waals surface area (Å²) in [5.74, 6) is -0.910. The lowest BCUT2D eigenvalue weighted by molar-refractivity contribution is -0.136. The largest absolute Gasteiger partial charge is 0.329 e. The van der Waals surface area contributed by atoms with Crippen LogP contribution in [0.1, 0.15) is 55.4 Å². The summed E-state index contributed by atoms with van der Waals surface area (Å²) in [6.45, 7) is 0.0585. The Labute approximate surface area is 227 Å². The van der Waals surface area contributed by atoms with E-state index < -0.39 is 11.8 Å². The topological polar surface area (TPSA) is 70.6 Å². The summed E-state index contributed by atoms with van der Waals surface area (Å²) in [6.07, 6.45) is 6.15. The third kappa shape index (κ3) is 4.86. The summed E-state index contributed by atoms with van der Waals surface area (Å²) >= 11 is 0. The average Bonchev–Trinajstić information content (AvgIpc) is 3.22. The molecule has 0 radical (unpaired) electrons. The smallest absolute Gasteiger partial charge is 0.262 e. The van der Waals surface area contributed by atoms with Gasteiger partial charge in [-0.15, -0.1) is 0 Å². The van der Waals surface area contributed by atoms with E-state index in [4.69, 9.17) is 0 Å². The fourth-order valence-corrected chi connectivity index (χ4v) is 5.99. The van der Waals surface area contributed by atoms with Gasteiger partial charge < -0.3 is 4.90 Å². The quantitative estimate of drug-likeness (QED) is 0.315. The normalized spacial score (nSPS) is 18.0. The molecule has 0 bridgehead atoms. The Hall–Kier alpha value is -4.58. The zero-order valence-corrected chi connectivity index (χ0v) is 21.6. The van der Waals surface area contributed by atoms with Crippen molar-refractivity contribution in [3.8, 4) is 0 Å². The van der Waals surface area contributed by atoms with Gasteiger partial charge in [0.05, 0.1) is 17.2 Å². The minimum absolute atomic E-state index is 0.176. The van der Waals surface area contributed by atoms with Gasteiger partial charge in [-0.05, 0) is 71.7 Å². The summed E-state index contributed by atoms with van der Waals surface area (Å²) in [7, 11) is 0. The van der Waals surface area contributed by atoms with Crippen molar-refractivity contribution in [3.05, 3.63) is 137 Å². The Bertz CT molecular complexity index is 1480. The van der Waals surface area contributed by atoms with E-state index in [1.54, 1.807) is 36.7 Å². The van der Waals surface area contributed by atoms with E-state index in [0.717, 1.165) is 35.3 Å². The fraction of sp³-hybridized carbons (Fsp3) is 0.212. The minimum Gasteiger partial charge on any atom is -0.329 e. The van der Waals surface area contributed by atoms with E-state index in [2.05, 4.69) is 29.2 Å². The molecule has 6 nitrogen and oxygen atoms in total. The molecule has 0 saturated carbocycles. The van der Waals surface area contributed by atoms with E-state index in [-0.39, 0.29) is 24.4 Å². The number of rotatable bonds is 7. The highest BCUT2D eigenvalue weighted by Crippen LogP contribution is 2.41. The number of hydrogen-bond acceptors (Lipinski definition) is 4. The molecule has 3 amide bonds. The van der Waals surface area contributed by atoms with E-state index in [1.807, 2.05) is 47.4 Å². The van der Waals surface area contributed by atoms with Crippen molar-refractivity contribution in [1.29, 1.82) is 0 Å². The molecule has 6 rings (SSSR count). The fourth-order valence-electron chi connectivity index (χ4n) is 5.99. The lowest BCUT2D eigenvalue weighted by Crippen LogP contribution is -2.46. The number of pyridine rings is 1. The maximum Gasteiger partial charge on any atom is 0.262 e. The maximum atomic E-state index is 14.2. The number of amides is 3. The molecule has 4 aromatic rings. The number of carbonyl (C=O) groups excluding carboxylic acids is 3. The van der Waals surface area contributed by atoms with Crippen molar-refractivity contribution in [2.45, 2.75) is 31.8 Å². The number of fused-ring (bicyclic) bond motifs is 2. The molecule has 39 heavy (non-hydrogen) atoms. The van der Waals surface area contributed by atoms with Crippen LogP contribution in [0.2, 0.25) is 0 Å². The van der Waals surface area contributed by atoms with Crippen molar-refractivity contribution in [3.63, 3.8) is 0 Å². The van der Waals surface area contributed by atoms with Gasteiger partial charge in [0.25, 0.3) is 11.8 Å². The van der Waals surface area contributed by atoms with Crippen LogP contribution in [0.15, 0.2) is 103 Å². The van der Waals surface area contributed by atoms with Crippen LogP contribution in [0.25, 0.3) is 0 Å². The predicted molar refractivity (Wildman–Crippen MR) is 148 cm³/mol. The Morgan fingerprint density at radius 2 is 1.44 bits per heavy atom. The monoisotopic (exact) mass is 515 g/mol. The first kappa shape index (κ1) is 24.7. The van der Waals surface area contributed by atoms with E-state index in [1.165, 1.54) is 11.1 Å². The number of benzene rings is 3. The van der Waals surface area contributed by atoms with Crippen molar-refractivity contribution in [2.24, 2.45) is 5.92 Å². The lowest BCUT2D eigenvalue weighted by atomic mass is 9.76. The van der Waals surface area contributed by atoms with Gasteiger partial charge in [-0.3, -0.25) is 24.3 Å². The van der Waals surface area contributed by atoms with E-state index in [9.17, 15) is 14.4 Å². The third-order valence-electron chi connectivity index (χ3n) is 7.88. The van der Waals surface area contributed by atoms with E-state index in [0.29, 0.717) is 17.7 Å². The van der Waals surface area contributed by atoms with Crippen LogP contribution in [-0.2, 0) is 24.2 Å². The summed E-state index contributed by atoms with van der Waals surface area (Å²) in [5.41, 5.74) is 5.24. The second kappa shape index (κ2) is 10.7. The summed E-state index contributed by atoms with van der Waals surface area (Å²) in [4.78, 5) is 47.6. The zero-order chi connectivity index (χ0) is 26.8. The predicted octanol–water partition coefficient (Wildman–Crippen LogP) is 5.25. The first-order valence-corrected chi connectivity index (χ1v) is 13.4. The van der Waals surface area contributed by atoms with Crippen molar-refractivity contribution >= 4 is 17.7 Å². The summed E-state index contributed by atoms with van der Waals surface area (Å²) < 4.78 is 0. The maximum absolute atomic E-state index is 14.2. The second-order valence-corrected chi connectivity index (χ2v) is 10.3. The number of hydrogen-bond donors (Lipinski definition) is 0. The molecule has 0 spiro atoms. The third-order valence-corrected chi connectivity index (χ3v) is 7.88. The van der Waals surface area contributed by atoms with E-state index >= 15 is 0 Å². The zero-order valence-electron chi connectivity index (χ0n) is 21.6. The van der Waals surface area contributed by atoms with Gasteiger partial charge in [0.15, 0.2) is 0 Å². The van der Waals surface area contributed by atoms with Crippen LogP contribution >= 0.6 is 0 Å². The lowest BCUT2D eigenvalue weighted by Gasteiger charge is -2.42. The van der Waals surface area contributed by atoms with Gasteiger partial charge in [-0.25, -0.2) is 0 Å². The molecule has 194 valence electrons. The Kier molecular flexibility index (Phi) is 6.76. The first-order chi connectivity index (χ1) is 19.1. The molecular formula is C33H29N3O3. The minimum atomic E-state index is -0.419. The molecule has 1 aromatic heterocycles. The molecule has 2 unspecified atom stereocenters. The van der Waals surface area contributed by atoms with Crippen molar-refractivity contribution in [1.82, 2.24) is 14.8 Å². The Morgan fingerprint density at radius 3 is 2.15 bits per heavy atom. The molecule has 0 saturated heterocycles. The van der Waals surface area contributed by atoms with Crippen LogP contribution < -0.4 is 0 Å². The molecule has 2 atom stereocenters. The summed E-state index contributed by atoms with van der Waals surface area (Å²) in [6, 6.07) is 29.0. The van der Waals surface area contributed by atoms with Gasteiger partial charge in [-0.2, -0.15) is 0 Å².